The average molecular weight is 290 g/mol. The maximum Gasteiger partial charge on any atom is 0.282 e. The predicted octanol–water partition coefficient (Wildman–Crippen LogP) is 1.12. The van der Waals surface area contributed by atoms with E-state index in [0.29, 0.717) is 23.1 Å². The highest BCUT2D eigenvalue weighted by molar-refractivity contribution is 9.10. The minimum atomic E-state index is -0.791. The van der Waals surface area contributed by atoms with Gasteiger partial charge in [-0.3, -0.25) is 4.79 Å². The van der Waals surface area contributed by atoms with Crippen LogP contribution in [-0.2, 0) is 7.05 Å². The molecule has 0 bridgehead atoms. The van der Waals surface area contributed by atoms with Gasteiger partial charge in [-0.1, -0.05) is 6.92 Å². The fourth-order valence-corrected chi connectivity index (χ4v) is 1.54. The highest BCUT2D eigenvalue weighted by Gasteiger charge is 2.18. The number of nitrogens with one attached hydrogen (secondary N) is 1. The molecule has 1 aromatic heterocycles. The van der Waals surface area contributed by atoms with Gasteiger partial charge in [-0.2, -0.15) is 5.10 Å². The van der Waals surface area contributed by atoms with Crippen LogP contribution in [0.25, 0.3) is 0 Å². The molecule has 0 aliphatic heterocycles. The summed E-state index contributed by atoms with van der Waals surface area (Å²) in [4.78, 5) is 11.5. The number of anilines is 1. The fraction of sp³-hybridized carbons (Fsp3) is 0.600. The summed E-state index contributed by atoms with van der Waals surface area (Å²) in [7, 11) is 1.58. The molecule has 0 saturated heterocycles. The lowest BCUT2D eigenvalue weighted by Gasteiger charge is -2.22. The maximum atomic E-state index is 11.5. The molecule has 0 aromatic carbocycles. The first-order chi connectivity index (χ1) is 7.37. The summed E-state index contributed by atoms with van der Waals surface area (Å²) in [5.74, 6) is 0. The third kappa shape index (κ3) is 3.05. The van der Waals surface area contributed by atoms with E-state index in [9.17, 15) is 9.90 Å². The van der Waals surface area contributed by atoms with E-state index in [1.807, 2.05) is 6.92 Å². The fourth-order valence-electron chi connectivity index (χ4n) is 1.04. The van der Waals surface area contributed by atoms with E-state index in [2.05, 4.69) is 26.3 Å². The molecule has 1 heterocycles. The molecule has 2 N–H and O–H groups in total. The standard InChI is InChI=1S/C10H16BrN3O2/c1-4-10(2,16)6-12-7-5-13-14(3)9(15)8(7)11/h5,12,16H,4,6H2,1-3H3. The van der Waals surface area contributed by atoms with Crippen molar-refractivity contribution >= 4 is 21.6 Å². The molecule has 0 aliphatic carbocycles. The van der Waals surface area contributed by atoms with Gasteiger partial charge in [0, 0.05) is 13.6 Å². The second kappa shape index (κ2) is 4.97. The number of hydrogen-bond acceptors (Lipinski definition) is 4. The summed E-state index contributed by atoms with van der Waals surface area (Å²) in [6.45, 7) is 4.01. The van der Waals surface area contributed by atoms with Crippen molar-refractivity contribution in [2.45, 2.75) is 25.9 Å². The Morgan fingerprint density at radius 1 is 1.69 bits per heavy atom. The van der Waals surface area contributed by atoms with Crippen molar-refractivity contribution in [3.8, 4) is 0 Å². The minimum absolute atomic E-state index is 0.207. The van der Waals surface area contributed by atoms with E-state index in [1.165, 1.54) is 4.68 Å². The lowest BCUT2D eigenvalue weighted by atomic mass is 10.0. The lowest BCUT2D eigenvalue weighted by molar-refractivity contribution is 0.0697. The molecule has 1 atom stereocenters. The monoisotopic (exact) mass is 289 g/mol. The Morgan fingerprint density at radius 2 is 2.31 bits per heavy atom. The molecule has 0 amide bonds. The van der Waals surface area contributed by atoms with E-state index in [1.54, 1.807) is 20.2 Å². The Hall–Kier alpha value is -0.880. The molecule has 1 unspecified atom stereocenters. The molecule has 1 rings (SSSR count). The predicted molar refractivity (Wildman–Crippen MR) is 66.6 cm³/mol. The molecule has 5 nitrogen and oxygen atoms in total. The second-order valence-corrected chi connectivity index (χ2v) is 4.80. The normalized spacial score (nSPS) is 14.6. The van der Waals surface area contributed by atoms with E-state index >= 15 is 0 Å². The molecule has 6 heteroatoms. The Labute approximate surface area is 103 Å². The molecule has 0 fully saturated rings. The highest BCUT2D eigenvalue weighted by Crippen LogP contribution is 2.17. The summed E-state index contributed by atoms with van der Waals surface area (Å²) in [6, 6.07) is 0. The molecular formula is C10H16BrN3O2. The van der Waals surface area contributed by atoms with Gasteiger partial charge < -0.3 is 10.4 Å². The third-order valence-corrected chi connectivity index (χ3v) is 3.27. The van der Waals surface area contributed by atoms with Crippen molar-refractivity contribution in [2.24, 2.45) is 7.05 Å². The quantitative estimate of drug-likeness (QED) is 0.872. The van der Waals surface area contributed by atoms with Crippen LogP contribution in [0.5, 0.6) is 0 Å². The SMILES string of the molecule is CCC(C)(O)CNc1cnn(C)c(=O)c1Br. The molecule has 16 heavy (non-hydrogen) atoms. The second-order valence-electron chi connectivity index (χ2n) is 4.01. The maximum absolute atomic E-state index is 11.5. The third-order valence-electron chi connectivity index (χ3n) is 2.50. The molecule has 90 valence electrons. The van der Waals surface area contributed by atoms with Crippen LogP contribution in [0.15, 0.2) is 15.5 Å². The first-order valence-corrected chi connectivity index (χ1v) is 5.85. The molecule has 0 radical (unpaired) electrons. The number of halogens is 1. The first-order valence-electron chi connectivity index (χ1n) is 5.05. The van der Waals surface area contributed by atoms with Gasteiger partial charge in [-0.15, -0.1) is 0 Å². The van der Waals surface area contributed by atoms with Gasteiger partial charge in [-0.25, -0.2) is 4.68 Å². The largest absolute Gasteiger partial charge is 0.388 e. The Balaban J connectivity index is 2.84. The summed E-state index contributed by atoms with van der Waals surface area (Å²) in [6.07, 6.45) is 2.19. The van der Waals surface area contributed by atoms with Gasteiger partial charge in [0.2, 0.25) is 0 Å². The summed E-state index contributed by atoms with van der Waals surface area (Å²) < 4.78 is 1.67. The van der Waals surface area contributed by atoms with Crippen LogP contribution in [0.3, 0.4) is 0 Å². The van der Waals surface area contributed by atoms with Gasteiger partial charge in [0.25, 0.3) is 5.56 Å². The summed E-state index contributed by atoms with van der Waals surface area (Å²) >= 11 is 3.20. The molecule has 1 aromatic rings. The lowest BCUT2D eigenvalue weighted by Crippen LogP contribution is -2.33. The topological polar surface area (TPSA) is 67.2 Å². The number of rotatable bonds is 4. The van der Waals surface area contributed by atoms with E-state index in [4.69, 9.17) is 0 Å². The van der Waals surface area contributed by atoms with E-state index in [0.717, 1.165) is 0 Å². The zero-order valence-electron chi connectivity index (χ0n) is 9.62. The van der Waals surface area contributed by atoms with Crippen molar-refractivity contribution in [1.29, 1.82) is 0 Å². The van der Waals surface area contributed by atoms with Gasteiger partial charge >= 0.3 is 0 Å². The summed E-state index contributed by atoms with van der Waals surface area (Å²) in [5, 5.41) is 16.7. The molecule has 0 saturated carbocycles. The van der Waals surface area contributed by atoms with Gasteiger partial charge in [-0.05, 0) is 29.3 Å². The summed E-state index contributed by atoms with van der Waals surface area (Å²) in [5.41, 5.74) is -0.404. The van der Waals surface area contributed by atoms with Crippen molar-refractivity contribution in [3.05, 3.63) is 21.0 Å². The van der Waals surface area contributed by atoms with Crippen molar-refractivity contribution in [1.82, 2.24) is 9.78 Å². The van der Waals surface area contributed by atoms with Crippen LogP contribution in [0, 0.1) is 0 Å². The van der Waals surface area contributed by atoms with Crippen LogP contribution in [0.1, 0.15) is 20.3 Å². The minimum Gasteiger partial charge on any atom is -0.388 e. The van der Waals surface area contributed by atoms with Crippen LogP contribution < -0.4 is 10.9 Å². The number of aromatic nitrogens is 2. The van der Waals surface area contributed by atoms with Crippen LogP contribution in [0.2, 0.25) is 0 Å². The molecular weight excluding hydrogens is 274 g/mol. The number of nitrogens with zero attached hydrogens (tertiary/aromatic N) is 2. The Bertz CT molecular complexity index is 429. The van der Waals surface area contributed by atoms with Crippen molar-refractivity contribution in [3.63, 3.8) is 0 Å². The smallest absolute Gasteiger partial charge is 0.282 e. The van der Waals surface area contributed by atoms with Crippen LogP contribution >= 0.6 is 15.9 Å². The number of aliphatic hydroxyl groups is 1. The van der Waals surface area contributed by atoms with E-state index < -0.39 is 5.60 Å². The zero-order chi connectivity index (χ0) is 12.3. The average Bonchev–Trinajstić information content (AvgIpc) is 2.25. The number of aryl methyl sites for hydroxylation is 1. The zero-order valence-corrected chi connectivity index (χ0v) is 11.2. The van der Waals surface area contributed by atoms with Crippen LogP contribution in [0.4, 0.5) is 5.69 Å². The van der Waals surface area contributed by atoms with E-state index in [-0.39, 0.29) is 5.56 Å². The van der Waals surface area contributed by atoms with Gasteiger partial charge in [0.05, 0.1) is 17.5 Å². The molecule has 0 aliphatic rings. The number of hydrogen-bond donors (Lipinski definition) is 2. The van der Waals surface area contributed by atoms with Crippen LogP contribution in [-0.4, -0.2) is 27.0 Å². The Morgan fingerprint density at radius 3 is 2.88 bits per heavy atom. The molecule has 0 spiro atoms. The Kier molecular flexibility index (Phi) is 4.09. The first kappa shape index (κ1) is 13.2. The van der Waals surface area contributed by atoms with Crippen molar-refractivity contribution < 1.29 is 5.11 Å². The van der Waals surface area contributed by atoms with Gasteiger partial charge in [0.1, 0.15) is 4.47 Å². The van der Waals surface area contributed by atoms with Crippen molar-refractivity contribution in [2.75, 3.05) is 11.9 Å². The van der Waals surface area contributed by atoms with Gasteiger partial charge in [0.15, 0.2) is 0 Å². The highest BCUT2D eigenvalue weighted by atomic mass is 79.9.